The normalized spacial score (nSPS) is 18.3. The maximum Gasteiger partial charge on any atom is 0.409 e. The standard InChI is InChI=1S/C11H14N2O4S/c14-11(15)12-9-2-1-3-10(8-9)13-4-6-18(16,17)7-5-13/h1-3,8,12H,4-7H2,(H,14,15). The van der Waals surface area contributed by atoms with E-state index in [2.05, 4.69) is 5.32 Å². The first-order valence-corrected chi connectivity index (χ1v) is 7.34. The molecule has 0 aliphatic carbocycles. The van der Waals surface area contributed by atoms with Crippen LogP contribution in [0.25, 0.3) is 0 Å². The number of amides is 1. The molecular formula is C11H14N2O4S. The molecule has 1 aliphatic heterocycles. The second kappa shape index (κ2) is 4.85. The second-order valence-electron chi connectivity index (χ2n) is 4.12. The summed E-state index contributed by atoms with van der Waals surface area (Å²) in [5.74, 6) is 0.285. The number of benzene rings is 1. The Bertz CT molecular complexity index is 542. The highest BCUT2D eigenvalue weighted by molar-refractivity contribution is 7.91. The summed E-state index contributed by atoms with van der Waals surface area (Å²) >= 11 is 0. The minimum atomic E-state index is -2.90. The van der Waals surface area contributed by atoms with Gasteiger partial charge in [0.2, 0.25) is 0 Å². The zero-order chi connectivity index (χ0) is 13.2. The van der Waals surface area contributed by atoms with Gasteiger partial charge >= 0.3 is 6.09 Å². The van der Waals surface area contributed by atoms with Gasteiger partial charge in [-0.05, 0) is 18.2 Å². The summed E-state index contributed by atoms with van der Waals surface area (Å²) in [6.07, 6.45) is -1.12. The van der Waals surface area contributed by atoms with Crippen LogP contribution in [0.3, 0.4) is 0 Å². The number of hydrogen-bond donors (Lipinski definition) is 2. The molecule has 6 nitrogen and oxygen atoms in total. The summed E-state index contributed by atoms with van der Waals surface area (Å²) in [5.41, 5.74) is 1.31. The number of carbonyl (C=O) groups is 1. The van der Waals surface area contributed by atoms with Gasteiger partial charge in [0.1, 0.15) is 0 Å². The van der Waals surface area contributed by atoms with Crippen LogP contribution >= 0.6 is 0 Å². The van der Waals surface area contributed by atoms with E-state index < -0.39 is 15.9 Å². The summed E-state index contributed by atoms with van der Waals surface area (Å²) in [6.45, 7) is 0.887. The van der Waals surface area contributed by atoms with Crippen LogP contribution < -0.4 is 10.2 Å². The van der Waals surface area contributed by atoms with Crippen LogP contribution in [-0.2, 0) is 9.84 Å². The number of nitrogens with one attached hydrogen (secondary N) is 1. The molecule has 0 aromatic heterocycles. The Hall–Kier alpha value is -1.76. The van der Waals surface area contributed by atoms with Crippen molar-refractivity contribution < 1.29 is 18.3 Å². The van der Waals surface area contributed by atoms with Crippen molar-refractivity contribution in [1.82, 2.24) is 0 Å². The summed E-state index contributed by atoms with van der Waals surface area (Å²) in [5, 5.41) is 10.9. The van der Waals surface area contributed by atoms with E-state index in [1.165, 1.54) is 0 Å². The summed E-state index contributed by atoms with van der Waals surface area (Å²) in [6, 6.07) is 6.93. The third kappa shape index (κ3) is 3.13. The molecule has 1 saturated heterocycles. The Morgan fingerprint density at radius 1 is 1.28 bits per heavy atom. The molecule has 1 heterocycles. The third-order valence-corrected chi connectivity index (χ3v) is 4.42. The van der Waals surface area contributed by atoms with E-state index in [9.17, 15) is 13.2 Å². The SMILES string of the molecule is O=C(O)Nc1cccc(N2CCS(=O)(=O)CC2)c1. The summed E-state index contributed by atoms with van der Waals surface area (Å²) in [7, 11) is -2.90. The van der Waals surface area contributed by atoms with Gasteiger partial charge in [0.25, 0.3) is 0 Å². The summed E-state index contributed by atoms with van der Waals surface area (Å²) in [4.78, 5) is 12.5. The zero-order valence-corrected chi connectivity index (χ0v) is 10.5. The minimum Gasteiger partial charge on any atom is -0.465 e. The largest absolute Gasteiger partial charge is 0.465 e. The highest BCUT2D eigenvalue weighted by atomic mass is 32.2. The van der Waals surface area contributed by atoms with E-state index in [1.807, 2.05) is 11.0 Å². The molecule has 0 bridgehead atoms. The molecule has 1 fully saturated rings. The van der Waals surface area contributed by atoms with Gasteiger partial charge in [-0.2, -0.15) is 0 Å². The van der Waals surface area contributed by atoms with Gasteiger partial charge < -0.3 is 10.0 Å². The molecule has 0 spiro atoms. The predicted octanol–water partition coefficient (Wildman–Crippen LogP) is 1.01. The van der Waals surface area contributed by atoms with Gasteiger partial charge in [-0.1, -0.05) is 6.07 Å². The Kier molecular flexibility index (Phi) is 3.42. The van der Waals surface area contributed by atoms with E-state index in [4.69, 9.17) is 5.11 Å². The first-order valence-electron chi connectivity index (χ1n) is 5.52. The molecule has 98 valence electrons. The van der Waals surface area contributed by atoms with Crippen LogP contribution in [0.5, 0.6) is 0 Å². The maximum atomic E-state index is 11.3. The van der Waals surface area contributed by atoms with Gasteiger partial charge in [0.05, 0.1) is 11.5 Å². The predicted molar refractivity (Wildman–Crippen MR) is 69.0 cm³/mol. The zero-order valence-electron chi connectivity index (χ0n) is 9.67. The fraction of sp³-hybridized carbons (Fsp3) is 0.364. The van der Waals surface area contributed by atoms with Gasteiger partial charge in [0.15, 0.2) is 9.84 Å². The van der Waals surface area contributed by atoms with Crippen molar-refractivity contribution in [3.63, 3.8) is 0 Å². The molecule has 0 atom stereocenters. The van der Waals surface area contributed by atoms with Crippen molar-refractivity contribution in [2.75, 3.05) is 34.8 Å². The molecule has 1 aromatic carbocycles. The van der Waals surface area contributed by atoms with Crippen molar-refractivity contribution >= 4 is 27.3 Å². The van der Waals surface area contributed by atoms with E-state index in [-0.39, 0.29) is 11.5 Å². The van der Waals surface area contributed by atoms with E-state index in [0.717, 1.165) is 5.69 Å². The topological polar surface area (TPSA) is 86.7 Å². The molecule has 2 rings (SSSR count). The fourth-order valence-electron chi connectivity index (χ4n) is 1.87. The Balaban J connectivity index is 2.12. The molecule has 0 saturated carbocycles. The number of nitrogens with zero attached hydrogens (tertiary/aromatic N) is 1. The van der Waals surface area contributed by atoms with E-state index in [0.29, 0.717) is 18.8 Å². The molecule has 0 radical (unpaired) electrons. The number of sulfone groups is 1. The van der Waals surface area contributed by atoms with Crippen molar-refractivity contribution in [3.05, 3.63) is 24.3 Å². The lowest BCUT2D eigenvalue weighted by molar-refractivity contribution is 0.210. The number of anilines is 2. The summed E-state index contributed by atoms with van der Waals surface area (Å²) < 4.78 is 22.6. The first kappa shape index (κ1) is 12.7. The lowest BCUT2D eigenvalue weighted by Crippen LogP contribution is -2.40. The monoisotopic (exact) mass is 270 g/mol. The number of rotatable bonds is 2. The Labute approximate surface area is 105 Å². The van der Waals surface area contributed by atoms with Crippen molar-refractivity contribution in [3.8, 4) is 0 Å². The molecule has 2 N–H and O–H groups in total. The van der Waals surface area contributed by atoms with E-state index >= 15 is 0 Å². The van der Waals surface area contributed by atoms with E-state index in [1.54, 1.807) is 18.2 Å². The highest BCUT2D eigenvalue weighted by Crippen LogP contribution is 2.21. The third-order valence-electron chi connectivity index (χ3n) is 2.81. The maximum absolute atomic E-state index is 11.3. The van der Waals surface area contributed by atoms with Crippen LogP contribution in [0, 0.1) is 0 Å². The van der Waals surface area contributed by atoms with Crippen LogP contribution in [0.4, 0.5) is 16.2 Å². The van der Waals surface area contributed by atoms with Crippen LogP contribution in [-0.4, -0.2) is 44.2 Å². The Morgan fingerprint density at radius 2 is 1.94 bits per heavy atom. The van der Waals surface area contributed by atoms with Gasteiger partial charge in [0, 0.05) is 24.5 Å². The van der Waals surface area contributed by atoms with Crippen LogP contribution in [0.15, 0.2) is 24.3 Å². The average molecular weight is 270 g/mol. The first-order chi connectivity index (χ1) is 8.46. The van der Waals surface area contributed by atoms with Crippen LogP contribution in [0.2, 0.25) is 0 Å². The molecule has 1 aromatic rings. The minimum absolute atomic E-state index is 0.142. The molecule has 7 heteroatoms. The molecule has 1 amide bonds. The van der Waals surface area contributed by atoms with Crippen LogP contribution in [0.1, 0.15) is 0 Å². The van der Waals surface area contributed by atoms with Crippen molar-refractivity contribution in [2.45, 2.75) is 0 Å². The molecule has 1 aliphatic rings. The smallest absolute Gasteiger partial charge is 0.409 e. The quantitative estimate of drug-likeness (QED) is 0.837. The Morgan fingerprint density at radius 3 is 2.56 bits per heavy atom. The lowest BCUT2D eigenvalue weighted by Gasteiger charge is -2.29. The second-order valence-corrected chi connectivity index (χ2v) is 6.42. The molecular weight excluding hydrogens is 256 g/mol. The lowest BCUT2D eigenvalue weighted by atomic mass is 10.2. The van der Waals surface area contributed by atoms with Gasteiger partial charge in [-0.3, -0.25) is 5.32 Å². The van der Waals surface area contributed by atoms with Gasteiger partial charge in [-0.25, -0.2) is 13.2 Å². The van der Waals surface area contributed by atoms with Gasteiger partial charge in [-0.15, -0.1) is 0 Å². The average Bonchev–Trinajstić information content (AvgIpc) is 2.28. The highest BCUT2D eigenvalue weighted by Gasteiger charge is 2.21. The molecule has 0 unspecified atom stereocenters. The number of hydrogen-bond acceptors (Lipinski definition) is 4. The molecule has 18 heavy (non-hydrogen) atoms. The van der Waals surface area contributed by atoms with Crippen molar-refractivity contribution in [2.24, 2.45) is 0 Å². The number of carboxylic acid groups (broad SMARTS) is 1. The fourth-order valence-corrected chi connectivity index (χ4v) is 3.08. The van der Waals surface area contributed by atoms with Crippen molar-refractivity contribution in [1.29, 1.82) is 0 Å².